The Kier molecular flexibility index (Phi) is 6.67. The second kappa shape index (κ2) is 10.1. The van der Waals surface area contributed by atoms with Crippen molar-refractivity contribution in [2.24, 2.45) is 7.05 Å². The van der Waals surface area contributed by atoms with Gasteiger partial charge in [0.25, 0.3) is 11.5 Å². The van der Waals surface area contributed by atoms with Crippen molar-refractivity contribution in [2.45, 2.75) is 32.6 Å². The molecule has 1 aliphatic carbocycles. The summed E-state index contributed by atoms with van der Waals surface area (Å²) in [6.45, 7) is 1.95. The molecule has 8 heteroatoms. The number of carboxylic acid groups (broad SMARTS) is 1. The number of rotatable bonds is 6. The molecule has 1 amide bonds. The minimum atomic E-state index is -1.01. The van der Waals surface area contributed by atoms with E-state index >= 15 is 0 Å². The van der Waals surface area contributed by atoms with Crippen LogP contribution >= 0.6 is 11.3 Å². The lowest BCUT2D eigenvalue weighted by Gasteiger charge is -2.15. The quantitative estimate of drug-likeness (QED) is 0.294. The third-order valence-corrected chi connectivity index (χ3v) is 7.94. The Balaban J connectivity index is 1.42. The Bertz CT molecular complexity index is 1540. The highest BCUT2D eigenvalue weighted by molar-refractivity contribution is 7.14. The Morgan fingerprint density at radius 1 is 1.00 bits per heavy atom. The van der Waals surface area contributed by atoms with E-state index in [0.29, 0.717) is 11.4 Å². The molecule has 4 aromatic rings. The molecule has 0 saturated heterocycles. The number of carbonyl (C=O) groups is 2. The Labute approximate surface area is 218 Å². The number of nitrogens with zero attached hydrogens (tertiary/aromatic N) is 1. The molecule has 188 valence electrons. The van der Waals surface area contributed by atoms with Crippen LogP contribution < -0.4 is 16.2 Å². The van der Waals surface area contributed by atoms with E-state index in [1.165, 1.54) is 40.0 Å². The molecule has 2 aromatic heterocycles. The van der Waals surface area contributed by atoms with Gasteiger partial charge in [-0.1, -0.05) is 12.1 Å². The standard InChI is InChI=1S/C29H27N3O4S/c1-17-22(7-5-8-23(17)31-27(33)26-15-19-6-3-4-9-25(19)37-26)20-14-24(28(34)32(2)16-20)30-21-12-10-18(11-13-21)29(35)36/h5,7-8,10-16,30H,3-4,6,9H2,1-2H3,(H,31,33)(H,35,36). The molecule has 0 unspecified atom stereocenters. The zero-order valence-corrected chi connectivity index (χ0v) is 21.4. The molecule has 2 aromatic carbocycles. The van der Waals surface area contributed by atoms with Crippen molar-refractivity contribution in [1.29, 1.82) is 0 Å². The molecule has 0 radical (unpaired) electrons. The molecule has 0 fully saturated rings. The van der Waals surface area contributed by atoms with Crippen LogP contribution in [-0.2, 0) is 19.9 Å². The predicted octanol–water partition coefficient (Wildman–Crippen LogP) is 6.00. The average molecular weight is 514 g/mol. The summed E-state index contributed by atoms with van der Waals surface area (Å²) in [5.74, 6) is -1.11. The maximum absolute atomic E-state index is 13.1. The Hall–Kier alpha value is -4.17. The summed E-state index contributed by atoms with van der Waals surface area (Å²) < 4.78 is 1.50. The number of anilines is 3. The predicted molar refractivity (Wildman–Crippen MR) is 147 cm³/mol. The molecule has 0 saturated carbocycles. The number of nitrogens with one attached hydrogen (secondary N) is 2. The first-order valence-electron chi connectivity index (χ1n) is 12.1. The molecule has 5 rings (SSSR count). The van der Waals surface area contributed by atoms with E-state index in [1.54, 1.807) is 42.8 Å². The summed E-state index contributed by atoms with van der Waals surface area (Å²) >= 11 is 1.59. The second-order valence-corrected chi connectivity index (χ2v) is 10.4. The van der Waals surface area contributed by atoms with Gasteiger partial charge in [-0.25, -0.2) is 4.79 Å². The highest BCUT2D eigenvalue weighted by Crippen LogP contribution is 2.32. The first-order chi connectivity index (χ1) is 17.8. The lowest BCUT2D eigenvalue weighted by Crippen LogP contribution is -2.19. The van der Waals surface area contributed by atoms with Crippen molar-refractivity contribution in [3.8, 4) is 11.1 Å². The number of aromatic carboxylic acids is 1. The summed E-state index contributed by atoms with van der Waals surface area (Å²) in [5, 5.41) is 15.3. The van der Waals surface area contributed by atoms with Gasteiger partial charge in [0.05, 0.1) is 10.4 Å². The number of amides is 1. The number of pyridine rings is 1. The molecule has 2 heterocycles. The maximum atomic E-state index is 13.1. The molecule has 37 heavy (non-hydrogen) atoms. The van der Waals surface area contributed by atoms with Crippen molar-refractivity contribution >= 4 is 40.3 Å². The molecular formula is C29H27N3O4S. The zero-order chi connectivity index (χ0) is 26.1. The topological polar surface area (TPSA) is 100 Å². The van der Waals surface area contributed by atoms with Gasteiger partial charge in [-0.05, 0) is 91.8 Å². The second-order valence-electron chi connectivity index (χ2n) is 9.26. The van der Waals surface area contributed by atoms with Crippen molar-refractivity contribution in [2.75, 3.05) is 10.6 Å². The van der Waals surface area contributed by atoms with E-state index in [1.807, 2.05) is 31.2 Å². The van der Waals surface area contributed by atoms with Gasteiger partial charge in [0.1, 0.15) is 5.69 Å². The highest BCUT2D eigenvalue weighted by atomic mass is 32.1. The zero-order valence-electron chi connectivity index (χ0n) is 20.6. The average Bonchev–Trinajstić information content (AvgIpc) is 3.33. The van der Waals surface area contributed by atoms with Crippen LogP contribution in [0.25, 0.3) is 11.1 Å². The van der Waals surface area contributed by atoms with Crippen molar-refractivity contribution in [3.05, 3.63) is 97.6 Å². The summed E-state index contributed by atoms with van der Waals surface area (Å²) in [6, 6.07) is 15.8. The van der Waals surface area contributed by atoms with Gasteiger partial charge in [-0.15, -0.1) is 11.3 Å². The molecular weight excluding hydrogens is 486 g/mol. The fourth-order valence-corrected chi connectivity index (χ4v) is 5.82. The highest BCUT2D eigenvalue weighted by Gasteiger charge is 2.19. The lowest BCUT2D eigenvalue weighted by atomic mass is 9.99. The molecule has 0 spiro atoms. The molecule has 0 atom stereocenters. The maximum Gasteiger partial charge on any atom is 0.335 e. The van der Waals surface area contributed by atoms with E-state index < -0.39 is 5.97 Å². The van der Waals surface area contributed by atoms with E-state index in [2.05, 4.69) is 10.6 Å². The van der Waals surface area contributed by atoms with Gasteiger partial charge in [0.15, 0.2) is 0 Å². The molecule has 1 aliphatic rings. The normalized spacial score (nSPS) is 12.6. The monoisotopic (exact) mass is 513 g/mol. The first kappa shape index (κ1) is 24.5. The SMILES string of the molecule is Cc1c(NC(=O)c2cc3c(s2)CCCC3)cccc1-c1cc(Nc2ccc(C(=O)O)cc2)c(=O)n(C)c1. The number of hydrogen-bond acceptors (Lipinski definition) is 5. The first-order valence-corrected chi connectivity index (χ1v) is 13.0. The van der Waals surface area contributed by atoms with Crippen molar-refractivity contribution < 1.29 is 14.7 Å². The van der Waals surface area contributed by atoms with E-state index in [-0.39, 0.29) is 17.0 Å². The van der Waals surface area contributed by atoms with Crippen LogP contribution in [0.3, 0.4) is 0 Å². The fraction of sp³-hybridized carbons (Fsp3) is 0.207. The molecule has 0 bridgehead atoms. The van der Waals surface area contributed by atoms with Gasteiger partial charge < -0.3 is 20.3 Å². The summed E-state index contributed by atoms with van der Waals surface area (Å²) in [4.78, 5) is 39.1. The van der Waals surface area contributed by atoms with Gasteiger partial charge in [0, 0.05) is 35.1 Å². The van der Waals surface area contributed by atoms with E-state index in [4.69, 9.17) is 5.11 Å². The van der Waals surface area contributed by atoms with Gasteiger partial charge in [-0.2, -0.15) is 0 Å². The van der Waals surface area contributed by atoms with E-state index in [9.17, 15) is 14.4 Å². The smallest absolute Gasteiger partial charge is 0.335 e. The van der Waals surface area contributed by atoms with Crippen LogP contribution in [0.2, 0.25) is 0 Å². The van der Waals surface area contributed by atoms with Crippen LogP contribution in [0.5, 0.6) is 0 Å². The molecule has 3 N–H and O–H groups in total. The lowest BCUT2D eigenvalue weighted by molar-refractivity contribution is 0.0696. The number of thiophene rings is 1. The van der Waals surface area contributed by atoms with Crippen molar-refractivity contribution in [1.82, 2.24) is 4.57 Å². The van der Waals surface area contributed by atoms with Gasteiger partial charge >= 0.3 is 5.97 Å². The third-order valence-electron chi connectivity index (χ3n) is 6.71. The largest absolute Gasteiger partial charge is 0.478 e. The van der Waals surface area contributed by atoms with Crippen LogP contribution in [0.4, 0.5) is 17.1 Å². The van der Waals surface area contributed by atoms with Crippen LogP contribution in [-0.4, -0.2) is 21.6 Å². The van der Waals surface area contributed by atoms with Gasteiger partial charge in [-0.3, -0.25) is 9.59 Å². The number of fused-ring (bicyclic) bond motifs is 1. The van der Waals surface area contributed by atoms with Crippen LogP contribution in [0, 0.1) is 6.92 Å². The number of aryl methyl sites for hydroxylation is 3. The third kappa shape index (κ3) is 5.06. The van der Waals surface area contributed by atoms with Crippen molar-refractivity contribution in [3.63, 3.8) is 0 Å². The van der Waals surface area contributed by atoms with Gasteiger partial charge in [0.2, 0.25) is 0 Å². The Morgan fingerprint density at radius 3 is 2.49 bits per heavy atom. The molecule has 7 nitrogen and oxygen atoms in total. The number of benzene rings is 2. The van der Waals surface area contributed by atoms with Crippen LogP contribution in [0.15, 0.2) is 65.6 Å². The number of hydrogen-bond donors (Lipinski definition) is 3. The Morgan fingerprint density at radius 2 is 1.76 bits per heavy atom. The summed E-state index contributed by atoms with van der Waals surface area (Å²) in [5.41, 5.74) is 5.55. The fourth-order valence-electron chi connectivity index (χ4n) is 4.67. The number of carboxylic acids is 1. The molecule has 0 aliphatic heterocycles. The van der Waals surface area contributed by atoms with E-state index in [0.717, 1.165) is 40.1 Å². The summed E-state index contributed by atoms with van der Waals surface area (Å²) in [6.07, 6.45) is 6.22. The minimum Gasteiger partial charge on any atom is -0.478 e. The van der Waals surface area contributed by atoms with Crippen LogP contribution in [0.1, 0.15) is 48.9 Å². The summed E-state index contributed by atoms with van der Waals surface area (Å²) in [7, 11) is 1.68. The minimum absolute atomic E-state index is 0.104. The number of carbonyl (C=O) groups excluding carboxylic acids is 1. The number of aromatic nitrogens is 1.